The molecule has 2 rings (SSSR count). The summed E-state index contributed by atoms with van der Waals surface area (Å²) in [4.78, 5) is 39.2. The zero-order valence-electron chi connectivity index (χ0n) is 19.6. The minimum absolute atomic E-state index is 0.0553. The maximum absolute atomic E-state index is 13.1. The fraction of sp³-hybridized carbons (Fsp3) is 0.625. The maximum Gasteiger partial charge on any atom is 0.317 e. The zero-order chi connectivity index (χ0) is 24.2. The van der Waals surface area contributed by atoms with Gasteiger partial charge in [0.1, 0.15) is 5.92 Å². The molecule has 2 N–H and O–H groups in total. The third kappa shape index (κ3) is 5.79. The first-order valence-corrected chi connectivity index (χ1v) is 10.8. The summed E-state index contributed by atoms with van der Waals surface area (Å²) in [6.45, 7) is 9.14. The van der Waals surface area contributed by atoms with E-state index in [4.69, 9.17) is 14.2 Å². The molecule has 0 aromatic heterocycles. The number of Topliss-reactive ketones (excluding diaryl/α,β-unsaturated/α-hetero) is 1. The summed E-state index contributed by atoms with van der Waals surface area (Å²) in [5.74, 6) is -5.44. The molecule has 1 fully saturated rings. The van der Waals surface area contributed by atoms with Gasteiger partial charge in [0.15, 0.2) is 17.3 Å². The van der Waals surface area contributed by atoms with E-state index in [0.29, 0.717) is 5.56 Å². The van der Waals surface area contributed by atoms with Gasteiger partial charge in [-0.1, -0.05) is 33.8 Å². The molecule has 1 aromatic rings. The van der Waals surface area contributed by atoms with Crippen LogP contribution in [-0.4, -0.2) is 53.9 Å². The highest BCUT2D eigenvalue weighted by atomic mass is 16.5. The molecule has 32 heavy (non-hydrogen) atoms. The van der Waals surface area contributed by atoms with E-state index in [2.05, 4.69) is 0 Å². The first kappa shape index (κ1) is 25.6. The molecule has 0 bridgehead atoms. The Morgan fingerprint density at radius 2 is 1.66 bits per heavy atom. The molecule has 4 atom stereocenters. The summed E-state index contributed by atoms with van der Waals surface area (Å²) < 4.78 is 16.0. The van der Waals surface area contributed by atoms with Crippen LogP contribution < -0.4 is 4.74 Å². The van der Waals surface area contributed by atoms with Crippen LogP contribution in [0.4, 0.5) is 0 Å². The first-order chi connectivity index (χ1) is 14.9. The lowest BCUT2D eigenvalue weighted by molar-refractivity contribution is -0.173. The number of carbonyl (C=O) groups is 3. The summed E-state index contributed by atoms with van der Waals surface area (Å²) in [5, 5.41) is 21.1. The fourth-order valence-electron chi connectivity index (χ4n) is 3.99. The van der Waals surface area contributed by atoms with E-state index in [-0.39, 0.29) is 43.0 Å². The van der Waals surface area contributed by atoms with Gasteiger partial charge in [-0.05, 0) is 36.5 Å². The summed E-state index contributed by atoms with van der Waals surface area (Å²) in [5.41, 5.74) is -1.36. The number of methoxy groups -OCH3 is 1. The monoisotopic (exact) mass is 450 g/mol. The number of ether oxygens (including phenoxy) is 3. The molecule has 0 saturated heterocycles. The van der Waals surface area contributed by atoms with Crippen LogP contribution in [0.15, 0.2) is 18.2 Å². The van der Waals surface area contributed by atoms with Gasteiger partial charge in [0.05, 0.1) is 31.8 Å². The number of ketones is 1. The average Bonchev–Trinajstić information content (AvgIpc) is 2.69. The van der Waals surface area contributed by atoms with Gasteiger partial charge >= 0.3 is 11.9 Å². The van der Waals surface area contributed by atoms with Crippen molar-refractivity contribution in [3.63, 3.8) is 0 Å². The Morgan fingerprint density at radius 1 is 1.09 bits per heavy atom. The molecule has 0 spiro atoms. The van der Waals surface area contributed by atoms with Crippen molar-refractivity contribution < 1.29 is 38.8 Å². The predicted molar refractivity (Wildman–Crippen MR) is 116 cm³/mol. The average molecular weight is 451 g/mol. The van der Waals surface area contributed by atoms with E-state index in [9.17, 15) is 24.6 Å². The second-order valence-corrected chi connectivity index (χ2v) is 9.46. The van der Waals surface area contributed by atoms with Crippen molar-refractivity contribution in [1.82, 2.24) is 0 Å². The lowest BCUT2D eigenvalue weighted by Gasteiger charge is -2.43. The number of hydrogen-bond donors (Lipinski definition) is 2. The Morgan fingerprint density at radius 3 is 2.19 bits per heavy atom. The number of rotatable bonds is 8. The highest BCUT2D eigenvalue weighted by Gasteiger charge is 2.57. The van der Waals surface area contributed by atoms with Crippen molar-refractivity contribution >= 4 is 17.7 Å². The van der Waals surface area contributed by atoms with Gasteiger partial charge in [0.2, 0.25) is 0 Å². The molecular weight excluding hydrogens is 416 g/mol. The fourth-order valence-corrected chi connectivity index (χ4v) is 3.99. The minimum Gasteiger partial charge on any atom is -0.504 e. The normalized spacial score (nSPS) is 25.7. The van der Waals surface area contributed by atoms with Gasteiger partial charge in [-0.15, -0.1) is 0 Å². The number of hydrogen-bond acceptors (Lipinski definition) is 8. The highest BCUT2D eigenvalue weighted by molar-refractivity contribution is 6.02. The molecule has 1 aromatic carbocycles. The van der Waals surface area contributed by atoms with E-state index in [1.165, 1.54) is 32.2 Å². The van der Waals surface area contributed by atoms with Crippen LogP contribution in [-0.2, 0) is 23.9 Å². The number of carbonyl (C=O) groups excluding carboxylic acids is 3. The standard InChI is InChI=1S/C24H34O8/c1-13(2)11-31-22(27)20-17(26)10-24(5,29)21(23(28)32-12-14(3)4)19(20)15-7-8-16(25)18(9-15)30-6/h7-9,13-14,19-21,25,29H,10-12H2,1-6H3. The first-order valence-electron chi connectivity index (χ1n) is 10.8. The lowest BCUT2D eigenvalue weighted by Crippen LogP contribution is -2.55. The second-order valence-electron chi connectivity index (χ2n) is 9.46. The molecule has 1 saturated carbocycles. The van der Waals surface area contributed by atoms with Gasteiger partial charge < -0.3 is 24.4 Å². The topological polar surface area (TPSA) is 119 Å². The van der Waals surface area contributed by atoms with Gasteiger partial charge in [0.25, 0.3) is 0 Å². The predicted octanol–water partition coefficient (Wildman–Crippen LogP) is 2.84. The highest BCUT2D eigenvalue weighted by Crippen LogP contribution is 2.48. The molecule has 8 nitrogen and oxygen atoms in total. The van der Waals surface area contributed by atoms with Crippen molar-refractivity contribution in [2.24, 2.45) is 23.7 Å². The molecule has 0 aliphatic heterocycles. The number of aliphatic hydroxyl groups is 1. The van der Waals surface area contributed by atoms with E-state index < -0.39 is 41.1 Å². The number of phenols is 1. The lowest BCUT2D eigenvalue weighted by atomic mass is 9.61. The van der Waals surface area contributed by atoms with Crippen LogP contribution in [0.1, 0.15) is 52.5 Å². The van der Waals surface area contributed by atoms with E-state index >= 15 is 0 Å². The number of phenolic OH excluding ortho intramolecular Hbond substituents is 1. The van der Waals surface area contributed by atoms with Crippen LogP contribution in [0.2, 0.25) is 0 Å². The largest absolute Gasteiger partial charge is 0.504 e. The van der Waals surface area contributed by atoms with Crippen molar-refractivity contribution in [1.29, 1.82) is 0 Å². The molecule has 0 heterocycles. The van der Waals surface area contributed by atoms with Crippen LogP contribution in [0, 0.1) is 23.7 Å². The second kappa shape index (κ2) is 10.3. The molecule has 0 radical (unpaired) electrons. The van der Waals surface area contributed by atoms with Crippen LogP contribution in [0.5, 0.6) is 11.5 Å². The maximum atomic E-state index is 13.1. The van der Waals surface area contributed by atoms with Crippen LogP contribution in [0.3, 0.4) is 0 Å². The number of benzene rings is 1. The molecule has 1 aliphatic carbocycles. The van der Waals surface area contributed by atoms with Gasteiger partial charge in [0, 0.05) is 12.3 Å². The van der Waals surface area contributed by atoms with E-state index in [1.807, 2.05) is 27.7 Å². The SMILES string of the molecule is COc1cc(C2C(C(=O)OCC(C)C)C(=O)CC(C)(O)C2C(=O)OCC(C)C)ccc1O. The third-order valence-corrected chi connectivity index (χ3v) is 5.48. The number of aromatic hydroxyl groups is 1. The smallest absolute Gasteiger partial charge is 0.317 e. The van der Waals surface area contributed by atoms with E-state index in [1.54, 1.807) is 0 Å². The van der Waals surface area contributed by atoms with Crippen molar-refractivity contribution in [2.45, 2.75) is 52.6 Å². The van der Waals surface area contributed by atoms with Gasteiger partial charge in [-0.3, -0.25) is 14.4 Å². The van der Waals surface area contributed by atoms with Crippen molar-refractivity contribution in [3.05, 3.63) is 23.8 Å². The molecule has 4 unspecified atom stereocenters. The number of esters is 2. The Kier molecular flexibility index (Phi) is 8.29. The molecular formula is C24H34O8. The summed E-state index contributed by atoms with van der Waals surface area (Å²) >= 11 is 0. The molecule has 8 heteroatoms. The Labute approximate surface area is 188 Å². The minimum atomic E-state index is -1.74. The van der Waals surface area contributed by atoms with Crippen LogP contribution in [0.25, 0.3) is 0 Å². The van der Waals surface area contributed by atoms with Crippen LogP contribution >= 0.6 is 0 Å². The zero-order valence-corrected chi connectivity index (χ0v) is 19.6. The molecule has 178 valence electrons. The summed E-state index contributed by atoms with van der Waals surface area (Å²) in [6, 6.07) is 4.32. The van der Waals surface area contributed by atoms with Crippen molar-refractivity contribution in [3.8, 4) is 11.5 Å². The Bertz CT molecular complexity index is 842. The quantitative estimate of drug-likeness (QED) is 0.458. The van der Waals surface area contributed by atoms with Gasteiger partial charge in [-0.25, -0.2) is 0 Å². The Balaban J connectivity index is 2.59. The Hall–Kier alpha value is -2.61. The molecule has 1 aliphatic rings. The summed E-state index contributed by atoms with van der Waals surface area (Å²) in [6.07, 6.45) is -0.387. The van der Waals surface area contributed by atoms with Crippen molar-refractivity contribution in [2.75, 3.05) is 20.3 Å². The summed E-state index contributed by atoms with van der Waals surface area (Å²) in [7, 11) is 1.36. The third-order valence-electron chi connectivity index (χ3n) is 5.48. The van der Waals surface area contributed by atoms with E-state index in [0.717, 1.165) is 0 Å². The van der Waals surface area contributed by atoms with Gasteiger partial charge in [-0.2, -0.15) is 0 Å². The molecule has 0 amide bonds.